The summed E-state index contributed by atoms with van der Waals surface area (Å²) < 4.78 is 0. The first kappa shape index (κ1) is 22.8. The smallest absolute Gasteiger partial charge is 0.0757 e. The quantitative estimate of drug-likeness (QED) is 0.519. The summed E-state index contributed by atoms with van der Waals surface area (Å²) in [5.74, 6) is 3.01. The molecule has 4 aliphatic carbocycles. The van der Waals surface area contributed by atoms with E-state index in [9.17, 15) is 15.3 Å². The number of hydrogen-bond donors (Lipinski definition) is 3. The van der Waals surface area contributed by atoms with Crippen molar-refractivity contribution in [1.29, 1.82) is 0 Å². The molecule has 3 saturated carbocycles. The molecule has 3 nitrogen and oxygen atoms in total. The van der Waals surface area contributed by atoms with E-state index in [-0.39, 0.29) is 17.6 Å². The maximum absolute atomic E-state index is 11.3. The van der Waals surface area contributed by atoms with Crippen LogP contribution in [0.4, 0.5) is 0 Å². The van der Waals surface area contributed by atoms with Crippen LogP contribution < -0.4 is 0 Å². The minimum atomic E-state index is -0.556. The number of fused-ring (bicyclic) bond motifs is 5. The monoisotopic (exact) mass is 418 g/mol. The van der Waals surface area contributed by atoms with E-state index in [1.54, 1.807) is 0 Å². The second kappa shape index (κ2) is 7.89. The van der Waals surface area contributed by atoms with Crippen LogP contribution in [0, 0.1) is 40.4 Å². The summed E-state index contributed by atoms with van der Waals surface area (Å²) in [6.07, 6.45) is 12.6. The van der Waals surface area contributed by atoms with Gasteiger partial charge in [-0.2, -0.15) is 0 Å². The third kappa shape index (κ3) is 3.82. The van der Waals surface area contributed by atoms with Gasteiger partial charge in [-0.3, -0.25) is 0 Å². The molecular formula is C27H46O3. The van der Waals surface area contributed by atoms with Crippen LogP contribution in [0.2, 0.25) is 0 Å². The van der Waals surface area contributed by atoms with Crippen molar-refractivity contribution in [2.45, 2.75) is 117 Å². The predicted octanol–water partition coefficient (Wildman–Crippen LogP) is 5.47. The maximum atomic E-state index is 11.3. The first-order valence-corrected chi connectivity index (χ1v) is 12.8. The molecule has 0 aromatic heterocycles. The molecule has 0 radical (unpaired) electrons. The van der Waals surface area contributed by atoms with Crippen LogP contribution in [0.15, 0.2) is 11.6 Å². The summed E-state index contributed by atoms with van der Waals surface area (Å²) in [6.45, 7) is 11.2. The van der Waals surface area contributed by atoms with Crippen molar-refractivity contribution in [3.05, 3.63) is 11.6 Å². The SMILES string of the molecule is C[C@H](CCCC(C)(C)O)[C@H]1CC[C@H]2[C@@H]3[C@H](O)C=C4CC(O)CC[C@]4(C)[C@H]3CC[C@]12C. The fourth-order valence-corrected chi connectivity index (χ4v) is 8.66. The molecule has 4 aliphatic rings. The number of aliphatic hydroxyl groups excluding tert-OH is 2. The molecule has 1 unspecified atom stereocenters. The van der Waals surface area contributed by atoms with Crippen molar-refractivity contribution < 1.29 is 15.3 Å². The lowest BCUT2D eigenvalue weighted by Gasteiger charge is -2.59. The number of aliphatic hydroxyl groups is 3. The summed E-state index contributed by atoms with van der Waals surface area (Å²) in [5, 5.41) is 31.6. The Kier molecular flexibility index (Phi) is 5.99. The molecule has 0 spiro atoms. The molecule has 172 valence electrons. The van der Waals surface area contributed by atoms with Crippen molar-refractivity contribution in [3.63, 3.8) is 0 Å². The topological polar surface area (TPSA) is 60.7 Å². The van der Waals surface area contributed by atoms with Gasteiger partial charge in [-0.15, -0.1) is 0 Å². The van der Waals surface area contributed by atoms with Gasteiger partial charge in [0, 0.05) is 0 Å². The van der Waals surface area contributed by atoms with E-state index in [1.165, 1.54) is 37.7 Å². The van der Waals surface area contributed by atoms with E-state index < -0.39 is 5.60 Å². The molecule has 3 heteroatoms. The third-order valence-corrected chi connectivity index (χ3v) is 10.3. The highest BCUT2D eigenvalue weighted by Crippen LogP contribution is 2.67. The lowest BCUT2D eigenvalue weighted by molar-refractivity contribution is -0.0971. The van der Waals surface area contributed by atoms with E-state index in [0.717, 1.165) is 38.0 Å². The zero-order valence-electron chi connectivity index (χ0n) is 20.0. The fourth-order valence-electron chi connectivity index (χ4n) is 8.66. The molecule has 3 N–H and O–H groups in total. The summed E-state index contributed by atoms with van der Waals surface area (Å²) in [5.41, 5.74) is 1.31. The van der Waals surface area contributed by atoms with Gasteiger partial charge in [0.05, 0.1) is 17.8 Å². The van der Waals surface area contributed by atoms with Gasteiger partial charge in [0.1, 0.15) is 0 Å². The zero-order chi connectivity index (χ0) is 21.9. The lowest BCUT2D eigenvalue weighted by atomic mass is 9.46. The van der Waals surface area contributed by atoms with Crippen molar-refractivity contribution in [2.75, 3.05) is 0 Å². The third-order valence-electron chi connectivity index (χ3n) is 10.3. The second-order valence-electron chi connectivity index (χ2n) is 12.7. The van der Waals surface area contributed by atoms with Crippen LogP contribution in [0.5, 0.6) is 0 Å². The summed E-state index contributed by atoms with van der Waals surface area (Å²) in [6, 6.07) is 0. The van der Waals surface area contributed by atoms with Crippen molar-refractivity contribution in [3.8, 4) is 0 Å². The Hall–Kier alpha value is -0.380. The van der Waals surface area contributed by atoms with Crippen LogP contribution in [0.25, 0.3) is 0 Å². The average molecular weight is 419 g/mol. The Morgan fingerprint density at radius 1 is 1.07 bits per heavy atom. The second-order valence-corrected chi connectivity index (χ2v) is 12.7. The van der Waals surface area contributed by atoms with Crippen LogP contribution in [-0.2, 0) is 0 Å². The summed E-state index contributed by atoms with van der Waals surface area (Å²) >= 11 is 0. The van der Waals surface area contributed by atoms with Gasteiger partial charge in [-0.1, -0.05) is 45.3 Å². The van der Waals surface area contributed by atoms with Gasteiger partial charge in [0.2, 0.25) is 0 Å². The highest BCUT2D eigenvalue weighted by atomic mass is 16.3. The van der Waals surface area contributed by atoms with Crippen LogP contribution >= 0.6 is 0 Å². The van der Waals surface area contributed by atoms with Gasteiger partial charge in [0.25, 0.3) is 0 Å². The van der Waals surface area contributed by atoms with E-state index in [0.29, 0.717) is 29.1 Å². The minimum Gasteiger partial charge on any atom is -0.393 e. The Morgan fingerprint density at radius 2 is 1.80 bits per heavy atom. The van der Waals surface area contributed by atoms with E-state index in [2.05, 4.69) is 26.8 Å². The Labute approximate surface area is 184 Å². The Morgan fingerprint density at radius 3 is 2.50 bits per heavy atom. The molecule has 3 fully saturated rings. The standard InChI is InChI=1S/C27H46O3/c1-17(7-6-12-25(2,3)30)20-8-9-21-24-22(11-14-27(20,21)5)26(4)13-10-19(28)15-18(26)16-23(24)29/h16-17,19-24,28-30H,6-15H2,1-5H3/t17-,19?,20-,21+,22+,23-,24+,26+,27-/m1/s1. The van der Waals surface area contributed by atoms with Crippen LogP contribution in [-0.4, -0.2) is 33.1 Å². The molecule has 0 heterocycles. The number of rotatable bonds is 5. The van der Waals surface area contributed by atoms with Gasteiger partial charge in [0.15, 0.2) is 0 Å². The highest BCUT2D eigenvalue weighted by Gasteiger charge is 2.61. The largest absolute Gasteiger partial charge is 0.393 e. The molecule has 0 saturated heterocycles. The maximum Gasteiger partial charge on any atom is 0.0757 e. The molecule has 0 aromatic rings. The van der Waals surface area contributed by atoms with Crippen LogP contribution in [0.1, 0.15) is 98.8 Å². The van der Waals surface area contributed by atoms with Gasteiger partial charge >= 0.3 is 0 Å². The van der Waals surface area contributed by atoms with E-state index in [1.807, 2.05) is 13.8 Å². The molecule has 9 atom stereocenters. The lowest BCUT2D eigenvalue weighted by Crippen LogP contribution is -2.54. The van der Waals surface area contributed by atoms with Crippen molar-refractivity contribution in [1.82, 2.24) is 0 Å². The Balaban J connectivity index is 1.52. The predicted molar refractivity (Wildman–Crippen MR) is 122 cm³/mol. The zero-order valence-corrected chi connectivity index (χ0v) is 20.0. The summed E-state index contributed by atoms with van der Waals surface area (Å²) in [4.78, 5) is 0. The molecule has 4 rings (SSSR count). The van der Waals surface area contributed by atoms with Gasteiger partial charge in [-0.05, 0) is 106 Å². The highest BCUT2D eigenvalue weighted by molar-refractivity contribution is 5.27. The first-order valence-electron chi connectivity index (χ1n) is 12.8. The van der Waals surface area contributed by atoms with Crippen molar-refractivity contribution in [2.24, 2.45) is 40.4 Å². The fraction of sp³-hybridized carbons (Fsp3) is 0.926. The Bertz CT molecular complexity index is 664. The minimum absolute atomic E-state index is 0.181. The molecule has 0 amide bonds. The van der Waals surface area contributed by atoms with E-state index >= 15 is 0 Å². The van der Waals surface area contributed by atoms with Crippen LogP contribution in [0.3, 0.4) is 0 Å². The average Bonchev–Trinajstić information content (AvgIpc) is 2.99. The van der Waals surface area contributed by atoms with Crippen molar-refractivity contribution >= 4 is 0 Å². The molecule has 30 heavy (non-hydrogen) atoms. The summed E-state index contributed by atoms with van der Waals surface area (Å²) in [7, 11) is 0. The molecular weight excluding hydrogens is 372 g/mol. The molecule has 0 aromatic carbocycles. The van der Waals surface area contributed by atoms with Gasteiger partial charge < -0.3 is 15.3 Å². The normalized spacial score (nSPS) is 47.1. The first-order chi connectivity index (χ1) is 14.0. The number of hydrogen-bond acceptors (Lipinski definition) is 3. The molecule has 0 bridgehead atoms. The van der Waals surface area contributed by atoms with Gasteiger partial charge in [-0.25, -0.2) is 0 Å². The van der Waals surface area contributed by atoms with E-state index in [4.69, 9.17) is 0 Å². The molecule has 0 aliphatic heterocycles.